The molecule has 1 amide bonds. The first-order chi connectivity index (χ1) is 14.6. The zero-order valence-electron chi connectivity index (χ0n) is 18.2. The van der Waals surface area contributed by atoms with E-state index in [1.807, 2.05) is 54.7 Å². The SMILES string of the molecule is CC(C)(C)c1ccc(C(CC(=O)O)NC(=O)CCCn2ccc3cc(Cl)ccc32)cc1. The third-order valence-electron chi connectivity index (χ3n) is 5.43. The third kappa shape index (κ3) is 6.11. The number of carbonyl (C=O) groups excluding carboxylic acids is 1. The van der Waals surface area contributed by atoms with Crippen LogP contribution in [0.3, 0.4) is 0 Å². The van der Waals surface area contributed by atoms with E-state index in [9.17, 15) is 14.7 Å². The number of benzene rings is 2. The molecule has 0 radical (unpaired) electrons. The van der Waals surface area contributed by atoms with Crippen LogP contribution < -0.4 is 5.32 Å². The standard InChI is InChI=1S/C25H29ClN2O3/c1-25(2,3)19-8-6-17(7-9-19)21(16-24(30)31)27-23(29)5-4-13-28-14-12-18-15-20(26)10-11-22(18)28/h6-12,14-15,21H,4-5,13,16H2,1-3H3,(H,27,29)(H,30,31). The average Bonchev–Trinajstić information content (AvgIpc) is 3.08. The largest absolute Gasteiger partial charge is 0.481 e. The van der Waals surface area contributed by atoms with Crippen molar-refractivity contribution in [3.8, 4) is 0 Å². The summed E-state index contributed by atoms with van der Waals surface area (Å²) in [4.78, 5) is 23.9. The van der Waals surface area contributed by atoms with Gasteiger partial charge in [-0.1, -0.05) is 56.6 Å². The predicted octanol–water partition coefficient (Wildman–Crippen LogP) is 5.70. The number of hydrogen-bond acceptors (Lipinski definition) is 2. The van der Waals surface area contributed by atoms with Gasteiger partial charge in [-0.3, -0.25) is 9.59 Å². The van der Waals surface area contributed by atoms with E-state index < -0.39 is 12.0 Å². The summed E-state index contributed by atoms with van der Waals surface area (Å²) in [6.45, 7) is 7.08. The quantitative estimate of drug-likeness (QED) is 0.471. The van der Waals surface area contributed by atoms with Crippen molar-refractivity contribution in [2.45, 2.75) is 58.0 Å². The second-order valence-corrected chi connectivity index (χ2v) is 9.34. The van der Waals surface area contributed by atoms with Crippen molar-refractivity contribution in [2.75, 3.05) is 0 Å². The van der Waals surface area contributed by atoms with Gasteiger partial charge in [-0.15, -0.1) is 0 Å². The monoisotopic (exact) mass is 440 g/mol. The van der Waals surface area contributed by atoms with Gasteiger partial charge in [0.2, 0.25) is 5.91 Å². The van der Waals surface area contributed by atoms with Crippen LogP contribution in [0.15, 0.2) is 54.7 Å². The number of carboxylic acids is 1. The fourth-order valence-electron chi connectivity index (χ4n) is 3.68. The van der Waals surface area contributed by atoms with Gasteiger partial charge < -0.3 is 15.0 Å². The first kappa shape index (κ1) is 22.9. The lowest BCUT2D eigenvalue weighted by Gasteiger charge is -2.22. The van der Waals surface area contributed by atoms with Crippen LogP contribution in [0.1, 0.15) is 57.2 Å². The molecule has 6 heteroatoms. The summed E-state index contributed by atoms with van der Waals surface area (Å²) < 4.78 is 2.10. The van der Waals surface area contributed by atoms with Crippen LogP contribution in [-0.2, 0) is 21.5 Å². The van der Waals surface area contributed by atoms with Gasteiger partial charge in [0.25, 0.3) is 0 Å². The number of hydrogen-bond donors (Lipinski definition) is 2. The third-order valence-corrected chi connectivity index (χ3v) is 5.66. The lowest BCUT2D eigenvalue weighted by molar-refractivity contribution is -0.137. The molecular weight excluding hydrogens is 412 g/mol. The molecular formula is C25H29ClN2O3. The summed E-state index contributed by atoms with van der Waals surface area (Å²) in [5.41, 5.74) is 3.05. The maximum absolute atomic E-state index is 12.5. The van der Waals surface area contributed by atoms with Crippen LogP contribution in [0.2, 0.25) is 5.02 Å². The number of aliphatic carboxylic acids is 1. The van der Waals surface area contributed by atoms with E-state index in [2.05, 4.69) is 30.7 Å². The van der Waals surface area contributed by atoms with Gasteiger partial charge in [0, 0.05) is 35.1 Å². The van der Waals surface area contributed by atoms with E-state index in [-0.39, 0.29) is 17.7 Å². The van der Waals surface area contributed by atoms with Crippen molar-refractivity contribution in [2.24, 2.45) is 0 Å². The number of fused-ring (bicyclic) bond motifs is 1. The maximum atomic E-state index is 12.5. The molecule has 0 aliphatic carbocycles. The number of rotatable bonds is 8. The highest BCUT2D eigenvalue weighted by molar-refractivity contribution is 6.31. The van der Waals surface area contributed by atoms with Crippen LogP contribution in [-0.4, -0.2) is 21.6 Å². The minimum atomic E-state index is -0.942. The van der Waals surface area contributed by atoms with E-state index in [0.717, 1.165) is 22.0 Å². The van der Waals surface area contributed by atoms with E-state index in [1.165, 1.54) is 0 Å². The van der Waals surface area contributed by atoms with Gasteiger partial charge in [-0.2, -0.15) is 0 Å². The number of nitrogens with zero attached hydrogens (tertiary/aromatic N) is 1. The summed E-state index contributed by atoms with van der Waals surface area (Å²) in [6.07, 6.45) is 2.82. The van der Waals surface area contributed by atoms with E-state index in [1.54, 1.807) is 0 Å². The van der Waals surface area contributed by atoms with Crippen LogP contribution in [0.5, 0.6) is 0 Å². The Labute approximate surface area is 188 Å². The van der Waals surface area contributed by atoms with Crippen LogP contribution in [0.25, 0.3) is 10.9 Å². The number of carbonyl (C=O) groups is 2. The zero-order valence-corrected chi connectivity index (χ0v) is 18.9. The van der Waals surface area contributed by atoms with Crippen molar-refractivity contribution in [3.05, 3.63) is 70.9 Å². The molecule has 164 valence electrons. The van der Waals surface area contributed by atoms with Crippen molar-refractivity contribution in [3.63, 3.8) is 0 Å². The highest BCUT2D eigenvalue weighted by Crippen LogP contribution is 2.25. The Balaban J connectivity index is 1.60. The molecule has 0 fully saturated rings. The topological polar surface area (TPSA) is 71.3 Å². The number of nitrogens with one attached hydrogen (secondary N) is 1. The molecule has 5 nitrogen and oxygen atoms in total. The van der Waals surface area contributed by atoms with Crippen molar-refractivity contribution < 1.29 is 14.7 Å². The average molecular weight is 441 g/mol. The number of aromatic nitrogens is 1. The molecule has 2 N–H and O–H groups in total. The molecule has 0 saturated heterocycles. The minimum absolute atomic E-state index is 0.0119. The lowest BCUT2D eigenvalue weighted by Crippen LogP contribution is -2.30. The molecule has 3 rings (SSSR count). The van der Waals surface area contributed by atoms with E-state index in [0.29, 0.717) is 24.4 Å². The number of aryl methyl sites for hydroxylation is 1. The van der Waals surface area contributed by atoms with Crippen LogP contribution in [0.4, 0.5) is 0 Å². The fourth-order valence-corrected chi connectivity index (χ4v) is 3.87. The van der Waals surface area contributed by atoms with Gasteiger partial charge >= 0.3 is 5.97 Å². The molecule has 1 atom stereocenters. The predicted molar refractivity (Wildman–Crippen MR) is 124 cm³/mol. The molecule has 1 heterocycles. The maximum Gasteiger partial charge on any atom is 0.305 e. The molecule has 0 saturated carbocycles. The first-order valence-corrected chi connectivity index (χ1v) is 10.9. The molecule has 31 heavy (non-hydrogen) atoms. The molecule has 2 aromatic carbocycles. The molecule has 0 aliphatic heterocycles. The summed E-state index contributed by atoms with van der Waals surface area (Å²) in [5, 5.41) is 14.0. The van der Waals surface area contributed by atoms with E-state index >= 15 is 0 Å². The molecule has 1 unspecified atom stereocenters. The summed E-state index contributed by atoms with van der Waals surface area (Å²) >= 11 is 6.04. The fraction of sp³-hybridized carbons (Fsp3) is 0.360. The van der Waals surface area contributed by atoms with Gasteiger partial charge in [-0.05, 0) is 47.2 Å². The van der Waals surface area contributed by atoms with E-state index in [4.69, 9.17) is 11.6 Å². The van der Waals surface area contributed by atoms with Gasteiger partial charge in [-0.25, -0.2) is 0 Å². The van der Waals surface area contributed by atoms with Gasteiger partial charge in [0.1, 0.15) is 0 Å². The lowest BCUT2D eigenvalue weighted by atomic mass is 9.86. The number of amides is 1. The molecule has 1 aromatic heterocycles. The molecule has 3 aromatic rings. The second kappa shape index (κ2) is 9.56. The molecule has 0 bridgehead atoms. The first-order valence-electron chi connectivity index (χ1n) is 10.5. The summed E-state index contributed by atoms with van der Waals surface area (Å²) in [5.74, 6) is -1.09. The van der Waals surface area contributed by atoms with Gasteiger partial charge in [0.05, 0.1) is 12.5 Å². The number of carboxylic acid groups (broad SMARTS) is 1. The van der Waals surface area contributed by atoms with Crippen molar-refractivity contribution >= 4 is 34.4 Å². The molecule has 0 spiro atoms. The zero-order chi connectivity index (χ0) is 22.6. The van der Waals surface area contributed by atoms with Crippen molar-refractivity contribution in [1.29, 1.82) is 0 Å². The second-order valence-electron chi connectivity index (χ2n) is 8.91. The molecule has 0 aliphatic rings. The normalized spacial score (nSPS) is 12.6. The smallest absolute Gasteiger partial charge is 0.305 e. The Morgan fingerprint density at radius 2 is 1.81 bits per heavy atom. The highest BCUT2D eigenvalue weighted by atomic mass is 35.5. The minimum Gasteiger partial charge on any atom is -0.481 e. The Bertz CT molecular complexity index is 1060. The highest BCUT2D eigenvalue weighted by Gasteiger charge is 2.20. The Morgan fingerprint density at radius 1 is 1.10 bits per heavy atom. The Hall–Kier alpha value is -2.79. The van der Waals surface area contributed by atoms with Crippen LogP contribution in [0, 0.1) is 0 Å². The summed E-state index contributed by atoms with van der Waals surface area (Å²) in [6, 6.07) is 15.0. The number of halogens is 1. The van der Waals surface area contributed by atoms with Gasteiger partial charge in [0.15, 0.2) is 0 Å². The Morgan fingerprint density at radius 3 is 2.45 bits per heavy atom. The Kier molecular flexibility index (Phi) is 7.06. The van der Waals surface area contributed by atoms with Crippen LogP contribution >= 0.6 is 11.6 Å². The summed E-state index contributed by atoms with van der Waals surface area (Å²) in [7, 11) is 0. The van der Waals surface area contributed by atoms with Crippen molar-refractivity contribution in [1.82, 2.24) is 9.88 Å².